The van der Waals surface area contributed by atoms with E-state index in [0.717, 1.165) is 15.6 Å². The Labute approximate surface area is 171 Å². The van der Waals surface area contributed by atoms with Crippen LogP contribution in [-0.4, -0.2) is 15.1 Å². The Bertz CT molecular complexity index is 997. The average Bonchev–Trinajstić information content (AvgIpc) is 3.23. The second kappa shape index (κ2) is 8.17. The molecular weight excluding hydrogens is 394 g/mol. The highest BCUT2D eigenvalue weighted by molar-refractivity contribution is 8.26. The van der Waals surface area contributed by atoms with Gasteiger partial charge in [-0.2, -0.15) is 0 Å². The monoisotopic (exact) mass is 409 g/mol. The number of carbonyl (C=O) groups excluding carboxylic acids is 1. The Morgan fingerprint density at radius 1 is 1.00 bits per heavy atom. The van der Waals surface area contributed by atoms with E-state index in [4.69, 9.17) is 16.6 Å². The molecule has 0 spiro atoms. The first-order valence-corrected chi connectivity index (χ1v) is 10.4. The first kappa shape index (κ1) is 18.1. The van der Waals surface area contributed by atoms with E-state index in [2.05, 4.69) is 0 Å². The summed E-state index contributed by atoms with van der Waals surface area (Å²) in [5.41, 5.74) is 1.05. The lowest BCUT2D eigenvalue weighted by atomic mass is 10.2. The molecule has 0 radical (unpaired) electrons. The quantitative estimate of drug-likeness (QED) is 0.391. The minimum absolute atomic E-state index is 0.0810. The number of thiocarbonyl (C=S) groups is 1. The number of rotatable bonds is 5. The molecule has 2 heterocycles. The van der Waals surface area contributed by atoms with Crippen LogP contribution in [0.4, 0.5) is 0 Å². The molecule has 1 aliphatic heterocycles. The lowest BCUT2D eigenvalue weighted by Gasteiger charge is -2.14. The van der Waals surface area contributed by atoms with Crippen LogP contribution in [0.15, 0.2) is 92.1 Å². The summed E-state index contributed by atoms with van der Waals surface area (Å²) in [7, 11) is 0. The molecule has 1 amide bonds. The van der Waals surface area contributed by atoms with Crippen molar-refractivity contribution in [1.82, 2.24) is 4.90 Å². The molecule has 0 bridgehead atoms. The van der Waals surface area contributed by atoms with Crippen LogP contribution in [0, 0.1) is 0 Å². The zero-order valence-electron chi connectivity index (χ0n) is 14.2. The van der Waals surface area contributed by atoms with Crippen LogP contribution in [0.3, 0.4) is 0 Å². The van der Waals surface area contributed by atoms with Crippen molar-refractivity contribution < 1.29 is 9.21 Å². The first-order chi connectivity index (χ1) is 13.2. The van der Waals surface area contributed by atoms with Gasteiger partial charge in [0.1, 0.15) is 10.1 Å². The van der Waals surface area contributed by atoms with Gasteiger partial charge in [0.25, 0.3) is 5.91 Å². The Hall–Kier alpha value is -2.28. The molecule has 3 aromatic rings. The highest BCUT2D eigenvalue weighted by Crippen LogP contribution is 2.35. The molecule has 134 valence electrons. The van der Waals surface area contributed by atoms with Crippen molar-refractivity contribution in [3.05, 3.63) is 89.0 Å². The molecular formula is C21H15NO2S3. The van der Waals surface area contributed by atoms with Crippen molar-refractivity contribution in [3.63, 3.8) is 0 Å². The van der Waals surface area contributed by atoms with Crippen LogP contribution in [-0.2, 0) is 11.3 Å². The number of carbonyl (C=O) groups is 1. The maximum Gasteiger partial charge on any atom is 0.266 e. The lowest BCUT2D eigenvalue weighted by molar-refractivity contribution is -0.122. The molecule has 2 aromatic carbocycles. The van der Waals surface area contributed by atoms with Crippen molar-refractivity contribution in [2.24, 2.45) is 0 Å². The fourth-order valence-electron chi connectivity index (χ4n) is 2.60. The van der Waals surface area contributed by atoms with Crippen molar-refractivity contribution in [1.29, 1.82) is 0 Å². The van der Waals surface area contributed by atoms with E-state index < -0.39 is 0 Å². The van der Waals surface area contributed by atoms with Gasteiger partial charge in [0.15, 0.2) is 5.09 Å². The van der Waals surface area contributed by atoms with Gasteiger partial charge in [-0.25, -0.2) is 0 Å². The van der Waals surface area contributed by atoms with Crippen LogP contribution in [0.1, 0.15) is 11.3 Å². The molecule has 0 saturated carbocycles. The second-order valence-corrected chi connectivity index (χ2v) is 8.58. The minimum atomic E-state index is -0.0810. The Morgan fingerprint density at radius 3 is 2.44 bits per heavy atom. The summed E-state index contributed by atoms with van der Waals surface area (Å²) in [5.74, 6) is 0.566. The average molecular weight is 410 g/mol. The highest BCUT2D eigenvalue weighted by Gasteiger charge is 2.32. The third-order valence-electron chi connectivity index (χ3n) is 3.89. The maximum atomic E-state index is 12.7. The van der Waals surface area contributed by atoms with E-state index in [-0.39, 0.29) is 5.91 Å². The topological polar surface area (TPSA) is 33.5 Å². The van der Waals surface area contributed by atoms with Crippen molar-refractivity contribution in [2.75, 3.05) is 0 Å². The van der Waals surface area contributed by atoms with Gasteiger partial charge in [-0.05, 0) is 29.8 Å². The third kappa shape index (κ3) is 4.35. The largest absolute Gasteiger partial charge is 0.450 e. The fourth-order valence-corrected chi connectivity index (χ4v) is 4.64. The van der Waals surface area contributed by atoms with Crippen LogP contribution >= 0.6 is 35.7 Å². The van der Waals surface area contributed by atoms with Gasteiger partial charge in [-0.3, -0.25) is 9.69 Å². The lowest BCUT2D eigenvalue weighted by Crippen LogP contribution is -2.27. The van der Waals surface area contributed by atoms with E-state index in [1.54, 1.807) is 22.7 Å². The number of furan rings is 1. The predicted octanol–water partition coefficient (Wildman–Crippen LogP) is 5.83. The Morgan fingerprint density at radius 2 is 1.70 bits per heavy atom. The summed E-state index contributed by atoms with van der Waals surface area (Å²) < 4.78 is 6.42. The number of nitrogens with zero attached hydrogens (tertiary/aromatic N) is 1. The van der Waals surface area contributed by atoms with E-state index in [1.165, 1.54) is 11.8 Å². The second-order valence-electron chi connectivity index (χ2n) is 5.83. The molecule has 4 rings (SSSR count). The standard InChI is InChI=1S/C21H15NO2S3/c23-20-18(27-21(25)22(20)14-15-7-3-1-4-8-15)13-16-11-12-19(24-16)26-17-9-5-2-6-10-17/h1-13H,14H2. The number of thioether (sulfide) groups is 1. The molecule has 0 atom stereocenters. The van der Waals surface area contributed by atoms with Crippen LogP contribution in [0.5, 0.6) is 0 Å². The van der Waals surface area contributed by atoms with Crippen LogP contribution in [0.2, 0.25) is 0 Å². The minimum Gasteiger partial charge on any atom is -0.450 e. The van der Waals surface area contributed by atoms with Gasteiger partial charge in [0, 0.05) is 11.0 Å². The molecule has 3 nitrogen and oxygen atoms in total. The van der Waals surface area contributed by atoms with E-state index >= 15 is 0 Å². The van der Waals surface area contributed by atoms with Crippen molar-refractivity contribution >= 4 is 52.0 Å². The number of amides is 1. The molecule has 1 aromatic heterocycles. The van der Waals surface area contributed by atoms with Crippen molar-refractivity contribution in [2.45, 2.75) is 16.5 Å². The SMILES string of the molecule is O=C1C(=Cc2ccc(Sc3ccccc3)o2)SC(=S)N1Cc1ccccc1. The third-order valence-corrected chi connectivity index (χ3v) is 6.20. The van der Waals surface area contributed by atoms with Gasteiger partial charge in [0.2, 0.25) is 0 Å². The zero-order valence-corrected chi connectivity index (χ0v) is 16.7. The van der Waals surface area contributed by atoms with Gasteiger partial charge < -0.3 is 4.42 Å². The van der Waals surface area contributed by atoms with Gasteiger partial charge in [0.05, 0.1) is 11.4 Å². The maximum absolute atomic E-state index is 12.7. The van der Waals surface area contributed by atoms with Gasteiger partial charge in [-0.15, -0.1) is 0 Å². The molecule has 27 heavy (non-hydrogen) atoms. The molecule has 1 fully saturated rings. The number of benzene rings is 2. The first-order valence-electron chi connectivity index (χ1n) is 8.31. The summed E-state index contributed by atoms with van der Waals surface area (Å²) in [4.78, 5) is 16.0. The molecule has 0 aliphatic carbocycles. The summed E-state index contributed by atoms with van der Waals surface area (Å²) in [6, 6.07) is 23.6. The molecule has 6 heteroatoms. The molecule has 1 saturated heterocycles. The van der Waals surface area contributed by atoms with Crippen LogP contribution in [0.25, 0.3) is 6.08 Å². The Balaban J connectivity index is 1.48. The van der Waals surface area contributed by atoms with E-state index in [0.29, 0.717) is 21.5 Å². The molecule has 0 unspecified atom stereocenters. The Kier molecular flexibility index (Phi) is 5.48. The highest BCUT2D eigenvalue weighted by atomic mass is 32.2. The normalized spacial score (nSPS) is 15.7. The van der Waals surface area contributed by atoms with Gasteiger partial charge in [-0.1, -0.05) is 84.3 Å². The molecule has 0 N–H and O–H groups in total. The van der Waals surface area contributed by atoms with E-state index in [1.807, 2.05) is 72.8 Å². The summed E-state index contributed by atoms with van der Waals surface area (Å²) in [6.07, 6.45) is 1.76. The summed E-state index contributed by atoms with van der Waals surface area (Å²) in [6.45, 7) is 0.482. The van der Waals surface area contributed by atoms with Crippen molar-refractivity contribution in [3.8, 4) is 0 Å². The fraction of sp³-hybridized carbons (Fsp3) is 0.0476. The smallest absolute Gasteiger partial charge is 0.266 e. The van der Waals surface area contributed by atoms with Gasteiger partial charge >= 0.3 is 0 Å². The zero-order chi connectivity index (χ0) is 18.6. The predicted molar refractivity (Wildman–Crippen MR) is 114 cm³/mol. The molecule has 1 aliphatic rings. The summed E-state index contributed by atoms with van der Waals surface area (Å²) in [5, 5.41) is 0.784. The number of hydrogen-bond donors (Lipinski definition) is 0. The van der Waals surface area contributed by atoms with Crippen LogP contribution < -0.4 is 0 Å². The van der Waals surface area contributed by atoms with E-state index in [9.17, 15) is 4.79 Å². The number of hydrogen-bond acceptors (Lipinski definition) is 5. The summed E-state index contributed by atoms with van der Waals surface area (Å²) >= 11 is 8.25.